The van der Waals surface area contributed by atoms with Crippen molar-refractivity contribution in [2.24, 2.45) is 11.8 Å². The molecule has 0 saturated carbocycles. The zero-order valence-corrected chi connectivity index (χ0v) is 10.3. The molecule has 0 amide bonds. The van der Waals surface area contributed by atoms with Crippen LogP contribution in [0.5, 0.6) is 0 Å². The van der Waals surface area contributed by atoms with Crippen LogP contribution in [0.15, 0.2) is 0 Å². The summed E-state index contributed by atoms with van der Waals surface area (Å²) in [5.41, 5.74) is -0.208. The van der Waals surface area contributed by atoms with Gasteiger partial charge in [0.15, 0.2) is 0 Å². The van der Waals surface area contributed by atoms with Crippen molar-refractivity contribution in [3.05, 3.63) is 0 Å². The molecule has 2 unspecified atom stereocenters. The molecule has 88 valence electrons. The third-order valence-electron chi connectivity index (χ3n) is 3.77. The summed E-state index contributed by atoms with van der Waals surface area (Å²) < 4.78 is 0. The van der Waals surface area contributed by atoms with Crippen LogP contribution in [0.2, 0.25) is 0 Å². The fraction of sp³-hybridized carbons (Fsp3) is 0.917. The van der Waals surface area contributed by atoms with Crippen LogP contribution in [-0.4, -0.2) is 34.6 Å². The van der Waals surface area contributed by atoms with E-state index in [1.54, 1.807) is 0 Å². The normalized spacial score (nSPS) is 29.1. The van der Waals surface area contributed by atoms with E-state index in [2.05, 4.69) is 18.7 Å². The number of nitrogens with zero attached hydrogens (tertiary/aromatic N) is 1. The fourth-order valence-corrected chi connectivity index (χ4v) is 2.29. The Balaban J connectivity index is 2.60. The van der Waals surface area contributed by atoms with Crippen molar-refractivity contribution in [1.82, 2.24) is 4.90 Å². The molecule has 0 spiro atoms. The molecular weight excluding hydrogens is 190 g/mol. The summed E-state index contributed by atoms with van der Waals surface area (Å²) in [6, 6.07) is 0. The zero-order chi connectivity index (χ0) is 11.6. The predicted molar refractivity (Wildman–Crippen MR) is 60.8 cm³/mol. The van der Waals surface area contributed by atoms with Gasteiger partial charge in [0.1, 0.15) is 0 Å². The average Bonchev–Trinajstić information content (AvgIpc) is 2.07. The molecule has 0 radical (unpaired) electrons. The first-order valence-electron chi connectivity index (χ1n) is 5.80. The van der Waals surface area contributed by atoms with E-state index in [0.717, 1.165) is 19.0 Å². The van der Waals surface area contributed by atoms with E-state index in [9.17, 15) is 4.79 Å². The summed E-state index contributed by atoms with van der Waals surface area (Å²) >= 11 is 0. The van der Waals surface area contributed by atoms with Gasteiger partial charge in [-0.1, -0.05) is 13.8 Å². The zero-order valence-electron chi connectivity index (χ0n) is 10.3. The fourth-order valence-electron chi connectivity index (χ4n) is 2.29. The van der Waals surface area contributed by atoms with E-state index in [1.807, 2.05) is 13.8 Å². The van der Waals surface area contributed by atoms with Gasteiger partial charge in [0, 0.05) is 12.1 Å². The molecule has 1 aliphatic heterocycles. The number of carbonyl (C=O) groups is 1. The smallest absolute Gasteiger partial charge is 0.305 e. The maximum absolute atomic E-state index is 10.8. The molecule has 1 rings (SSSR count). The van der Waals surface area contributed by atoms with Crippen molar-refractivity contribution in [1.29, 1.82) is 0 Å². The Labute approximate surface area is 92.5 Å². The Kier molecular flexibility index (Phi) is 3.77. The minimum atomic E-state index is -0.703. The molecule has 3 nitrogen and oxygen atoms in total. The molecule has 15 heavy (non-hydrogen) atoms. The highest BCUT2D eigenvalue weighted by Crippen LogP contribution is 2.29. The monoisotopic (exact) mass is 213 g/mol. The van der Waals surface area contributed by atoms with Gasteiger partial charge in [-0.15, -0.1) is 0 Å². The molecule has 1 N–H and O–H groups in total. The van der Waals surface area contributed by atoms with E-state index in [-0.39, 0.29) is 12.0 Å². The third kappa shape index (κ3) is 3.20. The summed E-state index contributed by atoms with van der Waals surface area (Å²) in [4.78, 5) is 13.1. The molecule has 1 heterocycles. The van der Waals surface area contributed by atoms with E-state index in [4.69, 9.17) is 5.11 Å². The van der Waals surface area contributed by atoms with Crippen LogP contribution >= 0.6 is 0 Å². The number of likely N-dealkylation sites (tertiary alicyclic amines) is 1. The number of hydrogen-bond acceptors (Lipinski definition) is 2. The van der Waals surface area contributed by atoms with E-state index in [1.165, 1.54) is 6.42 Å². The largest absolute Gasteiger partial charge is 0.481 e. The van der Waals surface area contributed by atoms with Crippen LogP contribution in [0, 0.1) is 11.8 Å². The van der Waals surface area contributed by atoms with Crippen molar-refractivity contribution in [2.45, 2.75) is 46.1 Å². The predicted octanol–water partition coefficient (Wildman–Crippen LogP) is 2.22. The maximum atomic E-state index is 10.8. The minimum Gasteiger partial charge on any atom is -0.481 e. The van der Waals surface area contributed by atoms with Crippen molar-refractivity contribution in [3.63, 3.8) is 0 Å². The first-order valence-corrected chi connectivity index (χ1v) is 5.80. The minimum absolute atomic E-state index is 0.208. The lowest BCUT2D eigenvalue weighted by Crippen LogP contribution is -2.51. The van der Waals surface area contributed by atoms with Crippen LogP contribution in [0.3, 0.4) is 0 Å². The summed E-state index contributed by atoms with van der Waals surface area (Å²) in [5.74, 6) is 0.736. The van der Waals surface area contributed by atoms with Gasteiger partial charge in [0.05, 0.1) is 6.42 Å². The van der Waals surface area contributed by atoms with Gasteiger partial charge >= 0.3 is 5.97 Å². The molecule has 1 saturated heterocycles. The molecule has 0 bridgehead atoms. The van der Waals surface area contributed by atoms with Crippen molar-refractivity contribution >= 4 is 5.97 Å². The van der Waals surface area contributed by atoms with Crippen LogP contribution in [0.25, 0.3) is 0 Å². The van der Waals surface area contributed by atoms with Crippen molar-refractivity contribution in [2.75, 3.05) is 13.1 Å². The molecular formula is C12H23NO2. The Hall–Kier alpha value is -0.570. The first kappa shape index (κ1) is 12.5. The quantitative estimate of drug-likeness (QED) is 0.781. The van der Waals surface area contributed by atoms with Gasteiger partial charge in [-0.2, -0.15) is 0 Å². The van der Waals surface area contributed by atoms with Crippen molar-refractivity contribution < 1.29 is 9.90 Å². The first-order chi connectivity index (χ1) is 6.83. The Morgan fingerprint density at radius 2 is 2.00 bits per heavy atom. The van der Waals surface area contributed by atoms with Crippen molar-refractivity contribution in [3.8, 4) is 0 Å². The maximum Gasteiger partial charge on any atom is 0.305 e. The molecule has 0 aromatic carbocycles. The highest BCUT2D eigenvalue weighted by atomic mass is 16.4. The third-order valence-corrected chi connectivity index (χ3v) is 3.77. The van der Waals surface area contributed by atoms with Crippen LogP contribution in [0.1, 0.15) is 40.5 Å². The lowest BCUT2D eigenvalue weighted by atomic mass is 9.85. The van der Waals surface area contributed by atoms with Crippen LogP contribution in [-0.2, 0) is 4.79 Å². The summed E-state index contributed by atoms with van der Waals surface area (Å²) in [7, 11) is 0. The standard InChI is InChI=1S/C12H23NO2/c1-9-5-6-13(8-10(9)2)12(3,4)7-11(14)15/h9-10H,5-8H2,1-4H3,(H,14,15). The number of aliphatic carboxylic acids is 1. The summed E-state index contributed by atoms with van der Waals surface area (Å²) in [6.45, 7) is 10.7. The lowest BCUT2D eigenvalue weighted by Gasteiger charge is -2.44. The second-order valence-corrected chi connectivity index (χ2v) is 5.57. The van der Waals surface area contributed by atoms with E-state index < -0.39 is 5.97 Å². The molecule has 0 aromatic rings. The number of piperidine rings is 1. The lowest BCUT2D eigenvalue weighted by molar-refractivity contribution is -0.140. The molecule has 3 heteroatoms. The number of rotatable bonds is 3. The number of hydrogen-bond donors (Lipinski definition) is 1. The van der Waals surface area contributed by atoms with Gasteiger partial charge in [0.2, 0.25) is 0 Å². The van der Waals surface area contributed by atoms with Gasteiger partial charge < -0.3 is 5.11 Å². The van der Waals surface area contributed by atoms with Crippen LogP contribution in [0.4, 0.5) is 0 Å². The molecule has 1 aliphatic rings. The Morgan fingerprint density at radius 3 is 2.47 bits per heavy atom. The van der Waals surface area contributed by atoms with Gasteiger partial charge in [0.25, 0.3) is 0 Å². The Morgan fingerprint density at radius 1 is 1.40 bits per heavy atom. The van der Waals surface area contributed by atoms with Gasteiger partial charge in [-0.05, 0) is 38.6 Å². The average molecular weight is 213 g/mol. The topological polar surface area (TPSA) is 40.5 Å². The highest BCUT2D eigenvalue weighted by Gasteiger charge is 2.34. The second-order valence-electron chi connectivity index (χ2n) is 5.57. The molecule has 2 atom stereocenters. The SMILES string of the molecule is CC1CCN(C(C)(C)CC(=O)O)CC1C. The van der Waals surface area contributed by atoms with E-state index in [0.29, 0.717) is 5.92 Å². The van der Waals surface area contributed by atoms with Gasteiger partial charge in [-0.3, -0.25) is 9.69 Å². The second kappa shape index (κ2) is 4.52. The van der Waals surface area contributed by atoms with Crippen LogP contribution < -0.4 is 0 Å². The summed E-state index contributed by atoms with van der Waals surface area (Å²) in [6.07, 6.45) is 1.41. The molecule has 0 aromatic heterocycles. The molecule has 0 aliphatic carbocycles. The number of carboxylic acid groups (broad SMARTS) is 1. The molecule has 1 fully saturated rings. The van der Waals surface area contributed by atoms with Gasteiger partial charge in [-0.25, -0.2) is 0 Å². The Bertz CT molecular complexity index is 238. The summed E-state index contributed by atoms with van der Waals surface area (Å²) in [5, 5.41) is 8.87. The number of carboxylic acids is 1. The highest BCUT2D eigenvalue weighted by molar-refractivity contribution is 5.68. The van der Waals surface area contributed by atoms with E-state index >= 15 is 0 Å².